The number of aromatic nitrogens is 2. The first kappa shape index (κ1) is 26.7. The fraction of sp³-hybridized carbons (Fsp3) is 0.206. The first-order valence-corrected chi connectivity index (χ1v) is 14.3. The second kappa shape index (κ2) is 11.2. The predicted octanol–water partition coefficient (Wildman–Crippen LogP) is 6.95. The van der Waals surface area contributed by atoms with Gasteiger partial charge < -0.3 is 20.1 Å². The maximum Gasteiger partial charge on any atom is 0.226 e. The molecule has 1 saturated heterocycles. The van der Waals surface area contributed by atoms with E-state index in [1.54, 1.807) is 0 Å². The van der Waals surface area contributed by atoms with E-state index in [4.69, 9.17) is 12.2 Å². The predicted molar refractivity (Wildman–Crippen MR) is 169 cm³/mol. The van der Waals surface area contributed by atoms with E-state index in [9.17, 15) is 4.79 Å². The van der Waals surface area contributed by atoms with Gasteiger partial charge in [-0.15, -0.1) is 0 Å². The van der Waals surface area contributed by atoms with Crippen molar-refractivity contribution in [3.8, 4) is 5.69 Å². The lowest BCUT2D eigenvalue weighted by Crippen LogP contribution is -2.33. The number of aryl methyl sites for hydroxylation is 2. The molecule has 2 aromatic heterocycles. The van der Waals surface area contributed by atoms with Crippen molar-refractivity contribution in [3.63, 3.8) is 0 Å². The second-order valence-electron chi connectivity index (χ2n) is 10.6. The minimum atomic E-state index is -0.143. The molecule has 3 heterocycles. The highest BCUT2D eigenvalue weighted by atomic mass is 32.1. The summed E-state index contributed by atoms with van der Waals surface area (Å²) in [6.07, 6.45) is 2.11. The number of para-hydroxylation sites is 1. The molecular weight excluding hydrogens is 526 g/mol. The zero-order valence-corrected chi connectivity index (χ0v) is 24.3. The van der Waals surface area contributed by atoms with Gasteiger partial charge in [-0.05, 0) is 79.8 Å². The van der Waals surface area contributed by atoms with Crippen LogP contribution in [-0.2, 0) is 4.79 Å². The number of fused-ring (bicyclic) bond motifs is 1. The molecule has 41 heavy (non-hydrogen) atoms. The maximum atomic E-state index is 13.2. The summed E-state index contributed by atoms with van der Waals surface area (Å²) < 4.78 is 2.31. The number of carbonyl (C=O) groups excluding carboxylic acids is 1. The van der Waals surface area contributed by atoms with Gasteiger partial charge in [-0.2, -0.15) is 0 Å². The Labute approximate surface area is 246 Å². The van der Waals surface area contributed by atoms with E-state index in [2.05, 4.69) is 88.3 Å². The number of rotatable bonds is 7. The molecule has 1 aliphatic rings. The fourth-order valence-corrected chi connectivity index (χ4v) is 6.36. The number of benzene rings is 3. The standard InChI is InChI=1S/C34H33N5OS/c1-22-11-4-7-17-30(22)39-23(2)21-27(24(39)3)33-32(29-15-8-9-19-35-29)37-34(41)38(33)20-18-31(40)36-28-16-10-13-25-12-5-6-14-26(25)28/h4-17,19,21,32-33H,18,20H2,1-3H3,(H,36,40)(H,37,41). The number of nitrogens with one attached hydrogen (secondary N) is 2. The summed E-state index contributed by atoms with van der Waals surface area (Å²) in [5, 5.41) is 9.41. The summed E-state index contributed by atoms with van der Waals surface area (Å²) >= 11 is 5.89. The largest absolute Gasteiger partial charge is 0.352 e. The lowest BCUT2D eigenvalue weighted by Gasteiger charge is -2.28. The van der Waals surface area contributed by atoms with Crippen molar-refractivity contribution < 1.29 is 4.79 Å². The Kier molecular flexibility index (Phi) is 7.28. The van der Waals surface area contributed by atoms with Crippen molar-refractivity contribution in [1.29, 1.82) is 0 Å². The summed E-state index contributed by atoms with van der Waals surface area (Å²) in [5.74, 6) is -0.0467. The van der Waals surface area contributed by atoms with Gasteiger partial charge in [-0.25, -0.2) is 0 Å². The van der Waals surface area contributed by atoms with Crippen molar-refractivity contribution in [2.45, 2.75) is 39.3 Å². The van der Waals surface area contributed by atoms with Crippen LogP contribution in [0.4, 0.5) is 5.69 Å². The summed E-state index contributed by atoms with van der Waals surface area (Å²) in [7, 11) is 0. The van der Waals surface area contributed by atoms with E-state index in [0.717, 1.165) is 39.2 Å². The molecule has 6 rings (SSSR count). The molecule has 7 heteroatoms. The number of amides is 1. The number of pyridine rings is 1. The zero-order chi connectivity index (χ0) is 28.5. The van der Waals surface area contributed by atoms with Crippen LogP contribution in [0.3, 0.4) is 0 Å². The number of carbonyl (C=O) groups is 1. The van der Waals surface area contributed by atoms with E-state index in [1.165, 1.54) is 11.1 Å². The molecule has 2 N–H and O–H groups in total. The van der Waals surface area contributed by atoms with E-state index in [1.807, 2.05) is 54.7 Å². The Morgan fingerprint density at radius 2 is 1.71 bits per heavy atom. The highest BCUT2D eigenvalue weighted by molar-refractivity contribution is 7.80. The van der Waals surface area contributed by atoms with Gasteiger partial charge in [0.1, 0.15) is 0 Å². The molecule has 0 aliphatic carbocycles. The lowest BCUT2D eigenvalue weighted by atomic mass is 9.96. The van der Waals surface area contributed by atoms with Gasteiger partial charge in [0.25, 0.3) is 0 Å². The average Bonchev–Trinajstić information content (AvgIpc) is 3.47. The van der Waals surface area contributed by atoms with Gasteiger partial charge in [-0.3, -0.25) is 9.78 Å². The highest BCUT2D eigenvalue weighted by Crippen LogP contribution is 2.41. The fourth-order valence-electron chi connectivity index (χ4n) is 6.03. The molecule has 2 unspecified atom stereocenters. The zero-order valence-electron chi connectivity index (χ0n) is 23.5. The van der Waals surface area contributed by atoms with Crippen LogP contribution < -0.4 is 10.6 Å². The number of hydrogen-bond donors (Lipinski definition) is 2. The first-order valence-electron chi connectivity index (χ1n) is 13.9. The van der Waals surface area contributed by atoms with Gasteiger partial charge in [0.2, 0.25) is 5.91 Å². The Hall–Kier alpha value is -4.49. The van der Waals surface area contributed by atoms with Crippen LogP contribution in [0.25, 0.3) is 16.5 Å². The molecule has 0 saturated carbocycles. The molecule has 0 spiro atoms. The average molecular weight is 560 g/mol. The number of hydrogen-bond acceptors (Lipinski definition) is 3. The molecular formula is C34H33N5OS. The Morgan fingerprint density at radius 3 is 2.51 bits per heavy atom. The molecule has 3 aromatic carbocycles. The summed E-state index contributed by atoms with van der Waals surface area (Å²) in [4.78, 5) is 20.1. The van der Waals surface area contributed by atoms with Gasteiger partial charge in [0.15, 0.2) is 5.11 Å². The first-order chi connectivity index (χ1) is 19.9. The summed E-state index contributed by atoms with van der Waals surface area (Å²) in [6, 6.07) is 30.4. The van der Waals surface area contributed by atoms with Crippen molar-refractivity contribution in [1.82, 2.24) is 19.8 Å². The molecule has 5 aromatic rings. The van der Waals surface area contributed by atoms with Crippen LogP contribution in [0.15, 0.2) is 97.2 Å². The molecule has 0 bridgehead atoms. The SMILES string of the molecule is Cc1ccccc1-n1c(C)cc(C2C(c3ccccn3)NC(=S)N2CCC(=O)Nc2cccc3ccccc23)c1C. The Balaban J connectivity index is 1.32. The topological polar surface area (TPSA) is 62.2 Å². The quantitative estimate of drug-likeness (QED) is 0.211. The Morgan fingerprint density at radius 1 is 0.951 bits per heavy atom. The van der Waals surface area contributed by atoms with E-state index >= 15 is 0 Å². The molecule has 1 fully saturated rings. The third kappa shape index (κ3) is 5.09. The van der Waals surface area contributed by atoms with Gasteiger partial charge >= 0.3 is 0 Å². The molecule has 6 nitrogen and oxygen atoms in total. The van der Waals surface area contributed by atoms with Crippen LogP contribution in [-0.4, -0.2) is 32.0 Å². The molecule has 2 atom stereocenters. The third-order valence-corrected chi connectivity index (χ3v) is 8.34. The third-order valence-electron chi connectivity index (χ3n) is 7.99. The van der Waals surface area contributed by atoms with Crippen LogP contribution in [0.5, 0.6) is 0 Å². The molecule has 1 amide bonds. The maximum absolute atomic E-state index is 13.2. The van der Waals surface area contributed by atoms with Crippen LogP contribution in [0.1, 0.15) is 46.7 Å². The minimum Gasteiger partial charge on any atom is -0.352 e. The smallest absolute Gasteiger partial charge is 0.226 e. The van der Waals surface area contributed by atoms with Crippen molar-refractivity contribution >= 4 is 39.7 Å². The second-order valence-corrected chi connectivity index (χ2v) is 11.0. The highest BCUT2D eigenvalue weighted by Gasteiger charge is 2.41. The Bertz CT molecular complexity index is 1740. The van der Waals surface area contributed by atoms with Crippen molar-refractivity contribution in [2.24, 2.45) is 0 Å². The normalized spacial score (nSPS) is 16.7. The molecule has 1 aliphatic heterocycles. The lowest BCUT2D eigenvalue weighted by molar-refractivity contribution is -0.116. The van der Waals surface area contributed by atoms with Gasteiger partial charge in [0.05, 0.1) is 17.8 Å². The van der Waals surface area contributed by atoms with Crippen molar-refractivity contribution in [2.75, 3.05) is 11.9 Å². The molecule has 0 radical (unpaired) electrons. The van der Waals surface area contributed by atoms with Crippen LogP contribution >= 0.6 is 12.2 Å². The van der Waals surface area contributed by atoms with Gasteiger partial charge in [-0.1, -0.05) is 60.7 Å². The number of thiocarbonyl (C=S) groups is 1. The summed E-state index contributed by atoms with van der Waals surface area (Å²) in [6.45, 7) is 6.92. The van der Waals surface area contributed by atoms with Crippen molar-refractivity contribution in [3.05, 3.63) is 125 Å². The number of anilines is 1. The van der Waals surface area contributed by atoms with Crippen LogP contribution in [0.2, 0.25) is 0 Å². The van der Waals surface area contributed by atoms with E-state index in [-0.39, 0.29) is 18.0 Å². The number of nitrogens with zero attached hydrogens (tertiary/aromatic N) is 3. The van der Waals surface area contributed by atoms with E-state index < -0.39 is 0 Å². The van der Waals surface area contributed by atoms with Crippen LogP contribution in [0, 0.1) is 20.8 Å². The summed E-state index contributed by atoms with van der Waals surface area (Å²) in [5.41, 5.74) is 7.59. The van der Waals surface area contributed by atoms with E-state index in [0.29, 0.717) is 18.1 Å². The van der Waals surface area contributed by atoms with Gasteiger partial charge in [0, 0.05) is 47.3 Å². The molecule has 206 valence electrons. The minimum absolute atomic E-state index is 0.0467. The monoisotopic (exact) mass is 559 g/mol.